The van der Waals surface area contributed by atoms with Gasteiger partial charge >= 0.3 is 0 Å². The zero-order chi connectivity index (χ0) is 13.7. The van der Waals surface area contributed by atoms with E-state index in [9.17, 15) is 4.79 Å². The van der Waals surface area contributed by atoms with Crippen LogP contribution in [0, 0.1) is 12.8 Å². The molecule has 0 spiro atoms. The summed E-state index contributed by atoms with van der Waals surface area (Å²) in [5.74, 6) is 1.55. The number of amides is 1. The second-order valence-electron chi connectivity index (χ2n) is 5.38. The van der Waals surface area contributed by atoms with Crippen molar-refractivity contribution in [1.29, 1.82) is 0 Å². The Morgan fingerprint density at radius 2 is 2.11 bits per heavy atom. The number of nitrogens with one attached hydrogen (secondary N) is 1. The predicted octanol–water partition coefficient (Wildman–Crippen LogP) is 2.30. The summed E-state index contributed by atoms with van der Waals surface area (Å²) >= 11 is 0. The minimum absolute atomic E-state index is 0.0564. The summed E-state index contributed by atoms with van der Waals surface area (Å²) in [4.78, 5) is 16.3. The second kappa shape index (κ2) is 6.57. The van der Waals surface area contributed by atoms with Crippen molar-refractivity contribution >= 4 is 5.91 Å². The van der Waals surface area contributed by atoms with Crippen LogP contribution in [0.5, 0.6) is 0 Å². The molecule has 0 radical (unpaired) electrons. The van der Waals surface area contributed by atoms with Gasteiger partial charge in [-0.15, -0.1) is 0 Å². The van der Waals surface area contributed by atoms with Crippen LogP contribution in [0.15, 0.2) is 6.20 Å². The molecule has 1 aromatic rings. The largest absolute Gasteiger partial charge is 0.352 e. The summed E-state index contributed by atoms with van der Waals surface area (Å²) in [6.07, 6.45) is 3.90. The van der Waals surface area contributed by atoms with Crippen molar-refractivity contribution in [3.63, 3.8) is 0 Å². The van der Waals surface area contributed by atoms with Crippen molar-refractivity contribution in [3.05, 3.63) is 17.7 Å². The van der Waals surface area contributed by atoms with Crippen LogP contribution in [-0.4, -0.2) is 21.5 Å². The Balaban J connectivity index is 2.61. The molecule has 4 nitrogen and oxygen atoms in total. The molecule has 0 aliphatic carbocycles. The van der Waals surface area contributed by atoms with Crippen LogP contribution >= 0.6 is 0 Å². The molecule has 1 aromatic heterocycles. The third-order valence-corrected chi connectivity index (χ3v) is 2.98. The van der Waals surface area contributed by atoms with E-state index < -0.39 is 0 Å². The fraction of sp³-hybridized carbons (Fsp3) is 0.714. The van der Waals surface area contributed by atoms with Gasteiger partial charge < -0.3 is 9.88 Å². The van der Waals surface area contributed by atoms with E-state index in [2.05, 4.69) is 31.1 Å². The highest BCUT2D eigenvalue weighted by Crippen LogP contribution is 2.08. The van der Waals surface area contributed by atoms with Gasteiger partial charge in [0, 0.05) is 12.2 Å². The number of carbonyl (C=O) groups is 1. The Hall–Kier alpha value is -1.32. The highest BCUT2D eigenvalue weighted by atomic mass is 16.2. The van der Waals surface area contributed by atoms with E-state index in [0.717, 1.165) is 24.4 Å². The standard InChI is InChI=1S/C14H25N3O/c1-6-11(4)15-14(18)9-17-8-13(7-10(2)3)16-12(17)5/h8,10-11H,6-7,9H2,1-5H3,(H,15,18)/t11-/m0/s1. The molecule has 0 unspecified atom stereocenters. The van der Waals surface area contributed by atoms with Crippen molar-refractivity contribution in [3.8, 4) is 0 Å². The van der Waals surface area contributed by atoms with Crippen molar-refractivity contribution in [2.24, 2.45) is 5.92 Å². The van der Waals surface area contributed by atoms with Crippen LogP contribution in [0.3, 0.4) is 0 Å². The van der Waals surface area contributed by atoms with Gasteiger partial charge in [0.1, 0.15) is 12.4 Å². The van der Waals surface area contributed by atoms with Gasteiger partial charge in [0.05, 0.1) is 5.69 Å². The Labute approximate surface area is 110 Å². The molecule has 0 saturated heterocycles. The molecule has 0 bridgehead atoms. The van der Waals surface area contributed by atoms with Crippen LogP contribution < -0.4 is 5.32 Å². The lowest BCUT2D eigenvalue weighted by Gasteiger charge is -2.12. The Kier molecular flexibility index (Phi) is 5.38. The molecular formula is C14H25N3O. The lowest BCUT2D eigenvalue weighted by atomic mass is 10.1. The second-order valence-corrected chi connectivity index (χ2v) is 5.38. The topological polar surface area (TPSA) is 46.9 Å². The van der Waals surface area contributed by atoms with Crippen LogP contribution in [0.4, 0.5) is 0 Å². The summed E-state index contributed by atoms with van der Waals surface area (Å²) in [6, 6.07) is 0.233. The average molecular weight is 251 g/mol. The Morgan fingerprint density at radius 3 is 2.67 bits per heavy atom. The van der Waals surface area contributed by atoms with Crippen LogP contribution in [0.25, 0.3) is 0 Å². The summed E-state index contributed by atoms with van der Waals surface area (Å²) in [5, 5.41) is 2.97. The monoisotopic (exact) mass is 251 g/mol. The first-order chi connectivity index (χ1) is 8.42. The summed E-state index contributed by atoms with van der Waals surface area (Å²) in [7, 11) is 0. The van der Waals surface area contributed by atoms with Gasteiger partial charge in [-0.05, 0) is 32.6 Å². The summed E-state index contributed by atoms with van der Waals surface area (Å²) in [5.41, 5.74) is 1.07. The van der Waals surface area contributed by atoms with E-state index in [4.69, 9.17) is 0 Å². The fourth-order valence-corrected chi connectivity index (χ4v) is 1.83. The number of aromatic nitrogens is 2. The molecule has 0 fully saturated rings. The number of hydrogen-bond donors (Lipinski definition) is 1. The third kappa shape index (κ3) is 4.51. The summed E-state index contributed by atoms with van der Waals surface area (Å²) in [6.45, 7) is 10.7. The molecule has 1 heterocycles. The van der Waals surface area contributed by atoms with Crippen LogP contribution in [0.2, 0.25) is 0 Å². The van der Waals surface area contributed by atoms with Crippen molar-refractivity contribution < 1.29 is 4.79 Å². The lowest BCUT2D eigenvalue weighted by molar-refractivity contribution is -0.122. The van der Waals surface area contributed by atoms with Gasteiger partial charge in [-0.2, -0.15) is 0 Å². The molecule has 0 aromatic carbocycles. The molecule has 0 saturated carbocycles. The number of nitrogens with zero attached hydrogens (tertiary/aromatic N) is 2. The highest BCUT2D eigenvalue weighted by molar-refractivity contribution is 5.76. The molecule has 1 atom stereocenters. The predicted molar refractivity (Wildman–Crippen MR) is 73.4 cm³/mol. The van der Waals surface area contributed by atoms with Gasteiger partial charge in [0.2, 0.25) is 5.91 Å². The number of rotatable bonds is 6. The molecule has 0 aliphatic heterocycles. The van der Waals surface area contributed by atoms with E-state index in [1.807, 2.05) is 24.6 Å². The van der Waals surface area contributed by atoms with Gasteiger partial charge in [-0.3, -0.25) is 4.79 Å². The van der Waals surface area contributed by atoms with Crippen LogP contribution in [-0.2, 0) is 17.8 Å². The zero-order valence-corrected chi connectivity index (χ0v) is 12.2. The zero-order valence-electron chi connectivity index (χ0n) is 12.2. The molecule has 1 amide bonds. The van der Waals surface area contributed by atoms with E-state index >= 15 is 0 Å². The number of aryl methyl sites for hydroxylation is 1. The molecule has 1 rings (SSSR count). The third-order valence-electron chi connectivity index (χ3n) is 2.98. The maximum Gasteiger partial charge on any atom is 0.240 e. The first kappa shape index (κ1) is 14.7. The molecule has 4 heteroatoms. The summed E-state index contributed by atoms with van der Waals surface area (Å²) < 4.78 is 1.93. The number of imidazole rings is 1. The fourth-order valence-electron chi connectivity index (χ4n) is 1.83. The minimum Gasteiger partial charge on any atom is -0.352 e. The quantitative estimate of drug-likeness (QED) is 0.843. The number of carbonyl (C=O) groups excluding carboxylic acids is 1. The normalized spacial score (nSPS) is 12.8. The Morgan fingerprint density at radius 1 is 1.44 bits per heavy atom. The van der Waals surface area contributed by atoms with Crippen molar-refractivity contribution in [2.45, 2.75) is 60.0 Å². The minimum atomic E-state index is 0.0564. The van der Waals surface area contributed by atoms with Gasteiger partial charge in [0.15, 0.2) is 0 Å². The SMILES string of the molecule is CC[C@H](C)NC(=O)Cn1cc(CC(C)C)nc1C. The maximum atomic E-state index is 11.8. The smallest absolute Gasteiger partial charge is 0.240 e. The van der Waals surface area contributed by atoms with Crippen molar-refractivity contribution in [2.75, 3.05) is 0 Å². The highest BCUT2D eigenvalue weighted by Gasteiger charge is 2.10. The molecular weight excluding hydrogens is 226 g/mol. The van der Waals surface area contributed by atoms with Crippen molar-refractivity contribution in [1.82, 2.24) is 14.9 Å². The van der Waals surface area contributed by atoms with Crippen LogP contribution in [0.1, 0.15) is 45.6 Å². The van der Waals surface area contributed by atoms with Gasteiger partial charge in [-0.25, -0.2) is 4.98 Å². The van der Waals surface area contributed by atoms with E-state index in [0.29, 0.717) is 12.5 Å². The number of hydrogen-bond acceptors (Lipinski definition) is 2. The molecule has 1 N–H and O–H groups in total. The Bertz CT molecular complexity index is 396. The first-order valence-corrected chi connectivity index (χ1v) is 6.74. The molecule has 18 heavy (non-hydrogen) atoms. The van der Waals surface area contributed by atoms with Gasteiger partial charge in [-0.1, -0.05) is 20.8 Å². The lowest BCUT2D eigenvalue weighted by Crippen LogP contribution is -2.34. The molecule has 0 aliphatic rings. The molecule has 102 valence electrons. The van der Waals surface area contributed by atoms with E-state index in [1.54, 1.807) is 0 Å². The van der Waals surface area contributed by atoms with Gasteiger partial charge in [0.25, 0.3) is 0 Å². The maximum absolute atomic E-state index is 11.8. The first-order valence-electron chi connectivity index (χ1n) is 6.74. The van der Waals surface area contributed by atoms with E-state index in [-0.39, 0.29) is 11.9 Å². The average Bonchev–Trinajstić information content (AvgIpc) is 2.57. The van der Waals surface area contributed by atoms with E-state index in [1.165, 1.54) is 0 Å².